The third kappa shape index (κ3) is 2.55. The van der Waals surface area contributed by atoms with Crippen LogP contribution in [0.5, 0.6) is 5.75 Å². The van der Waals surface area contributed by atoms with Crippen LogP contribution in [0, 0.1) is 0 Å². The first-order chi connectivity index (χ1) is 11.0. The van der Waals surface area contributed by atoms with E-state index in [-0.39, 0.29) is 16.9 Å². The minimum absolute atomic E-state index is 0.0187. The second-order valence-corrected chi connectivity index (χ2v) is 5.23. The molecule has 1 unspecified atom stereocenters. The van der Waals surface area contributed by atoms with Gasteiger partial charge in [-0.05, 0) is 29.8 Å². The number of fused-ring (bicyclic) bond motifs is 1. The molecule has 0 aromatic heterocycles. The maximum absolute atomic E-state index is 12.5. The molecule has 23 heavy (non-hydrogen) atoms. The molecule has 1 aliphatic rings. The van der Waals surface area contributed by atoms with Crippen LogP contribution in [0.1, 0.15) is 38.7 Å². The standard InChI is InChI=1S/C17H13NO5/c19-11-7-5-10(6-8-11)14(9-15(20)21)18-16(22)12-3-1-2-4-13(12)17(18)23/h1-8,14,19H,9H2,(H,20,21). The highest BCUT2D eigenvalue weighted by Gasteiger charge is 2.41. The molecule has 0 bridgehead atoms. The van der Waals surface area contributed by atoms with Gasteiger partial charge in [0.15, 0.2) is 0 Å². The zero-order valence-electron chi connectivity index (χ0n) is 12.0. The minimum Gasteiger partial charge on any atom is -0.508 e. The number of hydrogen-bond donors (Lipinski definition) is 2. The largest absolute Gasteiger partial charge is 0.508 e. The Balaban J connectivity index is 2.04. The Morgan fingerprint density at radius 2 is 1.48 bits per heavy atom. The monoisotopic (exact) mass is 311 g/mol. The van der Waals surface area contributed by atoms with E-state index in [4.69, 9.17) is 5.11 Å². The topological polar surface area (TPSA) is 94.9 Å². The van der Waals surface area contributed by atoms with Crippen LogP contribution in [-0.4, -0.2) is 32.9 Å². The highest BCUT2D eigenvalue weighted by atomic mass is 16.4. The molecule has 1 atom stereocenters. The van der Waals surface area contributed by atoms with Crippen LogP contribution < -0.4 is 0 Å². The van der Waals surface area contributed by atoms with Gasteiger partial charge in [0.05, 0.1) is 23.6 Å². The predicted octanol–water partition coefficient (Wildman–Crippen LogP) is 2.20. The molecule has 2 N–H and O–H groups in total. The number of aromatic hydroxyl groups is 1. The number of amides is 2. The van der Waals surface area contributed by atoms with Gasteiger partial charge in [-0.1, -0.05) is 24.3 Å². The molecule has 3 rings (SSSR count). The Kier molecular flexibility index (Phi) is 3.57. The normalized spacial score (nSPS) is 14.7. The number of aliphatic carboxylic acids is 1. The molecule has 0 spiro atoms. The quantitative estimate of drug-likeness (QED) is 0.844. The fourth-order valence-corrected chi connectivity index (χ4v) is 2.71. The number of phenolic OH excluding ortho intramolecular Hbond substituents is 1. The molecule has 0 radical (unpaired) electrons. The van der Waals surface area contributed by atoms with Crippen molar-refractivity contribution in [2.75, 3.05) is 0 Å². The lowest BCUT2D eigenvalue weighted by Gasteiger charge is -2.25. The Morgan fingerprint density at radius 1 is 0.957 bits per heavy atom. The molecule has 2 amide bonds. The average molecular weight is 311 g/mol. The molecule has 116 valence electrons. The van der Waals surface area contributed by atoms with Gasteiger partial charge in [0.25, 0.3) is 11.8 Å². The number of carbonyl (C=O) groups is 3. The van der Waals surface area contributed by atoms with Crippen molar-refractivity contribution in [1.82, 2.24) is 4.90 Å². The van der Waals surface area contributed by atoms with Gasteiger partial charge in [-0.3, -0.25) is 19.3 Å². The lowest BCUT2D eigenvalue weighted by molar-refractivity contribution is -0.138. The van der Waals surface area contributed by atoms with E-state index >= 15 is 0 Å². The molecule has 2 aromatic carbocycles. The number of nitrogens with zero attached hydrogens (tertiary/aromatic N) is 1. The summed E-state index contributed by atoms with van der Waals surface area (Å²) >= 11 is 0. The van der Waals surface area contributed by atoms with Crippen LogP contribution in [0.2, 0.25) is 0 Å². The number of hydrogen-bond acceptors (Lipinski definition) is 4. The minimum atomic E-state index is -1.13. The summed E-state index contributed by atoms with van der Waals surface area (Å²) in [7, 11) is 0. The van der Waals surface area contributed by atoms with Crippen LogP contribution in [-0.2, 0) is 4.79 Å². The smallest absolute Gasteiger partial charge is 0.305 e. The van der Waals surface area contributed by atoms with Gasteiger partial charge in [-0.25, -0.2) is 0 Å². The number of imide groups is 1. The van der Waals surface area contributed by atoms with Crippen LogP contribution in [0.4, 0.5) is 0 Å². The number of phenols is 1. The number of benzene rings is 2. The van der Waals surface area contributed by atoms with Crippen LogP contribution in [0.15, 0.2) is 48.5 Å². The highest BCUT2D eigenvalue weighted by Crippen LogP contribution is 2.33. The number of rotatable bonds is 4. The summed E-state index contributed by atoms with van der Waals surface area (Å²) in [4.78, 5) is 37.2. The molecule has 0 aliphatic carbocycles. The first kappa shape index (κ1) is 14.8. The summed E-state index contributed by atoms with van der Waals surface area (Å²) in [5.74, 6) is -2.13. The molecular formula is C17H13NO5. The second kappa shape index (κ2) is 5.57. The number of carboxylic acid groups (broad SMARTS) is 1. The fraction of sp³-hybridized carbons (Fsp3) is 0.118. The summed E-state index contributed by atoms with van der Waals surface area (Å²) in [5.41, 5.74) is 1.01. The maximum Gasteiger partial charge on any atom is 0.305 e. The second-order valence-electron chi connectivity index (χ2n) is 5.23. The third-order valence-electron chi connectivity index (χ3n) is 3.78. The van der Waals surface area contributed by atoms with Gasteiger partial charge in [0.1, 0.15) is 5.75 Å². The van der Waals surface area contributed by atoms with Crippen molar-refractivity contribution in [2.24, 2.45) is 0 Å². The van der Waals surface area contributed by atoms with E-state index in [1.807, 2.05) is 0 Å². The predicted molar refractivity (Wildman–Crippen MR) is 80.0 cm³/mol. The Labute approximate surface area is 131 Å². The van der Waals surface area contributed by atoms with Crippen molar-refractivity contribution >= 4 is 17.8 Å². The van der Waals surface area contributed by atoms with Crippen molar-refractivity contribution < 1.29 is 24.6 Å². The van der Waals surface area contributed by atoms with Gasteiger partial charge in [-0.15, -0.1) is 0 Å². The molecule has 1 aliphatic heterocycles. The van der Waals surface area contributed by atoms with Crippen molar-refractivity contribution in [3.05, 3.63) is 65.2 Å². The molecule has 0 saturated carbocycles. The van der Waals surface area contributed by atoms with Gasteiger partial charge in [0.2, 0.25) is 0 Å². The van der Waals surface area contributed by atoms with E-state index in [9.17, 15) is 19.5 Å². The van der Waals surface area contributed by atoms with Crippen LogP contribution in [0.3, 0.4) is 0 Å². The Hall–Kier alpha value is -3.15. The molecule has 0 saturated heterocycles. The van der Waals surface area contributed by atoms with Crippen molar-refractivity contribution in [2.45, 2.75) is 12.5 Å². The van der Waals surface area contributed by atoms with Gasteiger partial charge >= 0.3 is 5.97 Å². The average Bonchev–Trinajstić information content (AvgIpc) is 2.78. The van der Waals surface area contributed by atoms with Gasteiger partial charge in [0, 0.05) is 0 Å². The summed E-state index contributed by atoms with van der Waals surface area (Å²) < 4.78 is 0. The first-order valence-electron chi connectivity index (χ1n) is 6.96. The fourth-order valence-electron chi connectivity index (χ4n) is 2.71. The van der Waals surface area contributed by atoms with E-state index in [1.54, 1.807) is 24.3 Å². The SMILES string of the molecule is O=C(O)CC(c1ccc(O)cc1)N1C(=O)c2ccccc2C1=O. The molecule has 6 nitrogen and oxygen atoms in total. The molecule has 6 heteroatoms. The molecule has 0 fully saturated rings. The van der Waals surface area contributed by atoms with E-state index in [2.05, 4.69) is 0 Å². The summed E-state index contributed by atoms with van der Waals surface area (Å²) in [6, 6.07) is 11.3. The number of carboxylic acids is 1. The summed E-state index contributed by atoms with van der Waals surface area (Å²) in [6.07, 6.45) is -0.407. The van der Waals surface area contributed by atoms with Crippen molar-refractivity contribution in [3.63, 3.8) is 0 Å². The van der Waals surface area contributed by atoms with Crippen molar-refractivity contribution in [3.8, 4) is 5.75 Å². The third-order valence-corrected chi connectivity index (χ3v) is 3.78. The Morgan fingerprint density at radius 3 is 1.96 bits per heavy atom. The van der Waals surface area contributed by atoms with E-state index in [1.165, 1.54) is 24.3 Å². The Bertz CT molecular complexity index is 762. The summed E-state index contributed by atoms with van der Waals surface area (Å²) in [5, 5.41) is 18.5. The summed E-state index contributed by atoms with van der Waals surface area (Å²) in [6.45, 7) is 0. The van der Waals surface area contributed by atoms with Gasteiger partial charge in [-0.2, -0.15) is 0 Å². The highest BCUT2D eigenvalue weighted by molar-refractivity contribution is 6.21. The number of carbonyl (C=O) groups excluding carboxylic acids is 2. The maximum atomic E-state index is 12.5. The van der Waals surface area contributed by atoms with Crippen LogP contribution >= 0.6 is 0 Å². The molecular weight excluding hydrogens is 298 g/mol. The van der Waals surface area contributed by atoms with Crippen molar-refractivity contribution in [1.29, 1.82) is 0 Å². The lowest BCUT2D eigenvalue weighted by Crippen LogP contribution is -2.35. The molecule has 1 heterocycles. The zero-order chi connectivity index (χ0) is 16.6. The lowest BCUT2D eigenvalue weighted by atomic mass is 10.0. The van der Waals surface area contributed by atoms with Crippen LogP contribution in [0.25, 0.3) is 0 Å². The zero-order valence-corrected chi connectivity index (χ0v) is 12.0. The first-order valence-corrected chi connectivity index (χ1v) is 6.96. The van der Waals surface area contributed by atoms with E-state index in [0.717, 1.165) is 4.90 Å². The van der Waals surface area contributed by atoms with E-state index < -0.39 is 30.2 Å². The van der Waals surface area contributed by atoms with Gasteiger partial charge < -0.3 is 10.2 Å². The molecule has 2 aromatic rings. The van der Waals surface area contributed by atoms with E-state index in [0.29, 0.717) is 5.56 Å².